The summed E-state index contributed by atoms with van der Waals surface area (Å²) < 4.78 is 10.7. The summed E-state index contributed by atoms with van der Waals surface area (Å²) in [6.45, 7) is 4.03. The first-order valence-electron chi connectivity index (χ1n) is 31.8. The van der Waals surface area contributed by atoms with Crippen LogP contribution in [0.1, 0.15) is 309 Å². The molecule has 0 aliphatic carbocycles. The van der Waals surface area contributed by atoms with Crippen LogP contribution in [0, 0.1) is 0 Å². The van der Waals surface area contributed by atoms with Crippen molar-refractivity contribution in [1.82, 2.24) is 0 Å². The fraction of sp³-hybridized carbons (Fsp3) is 0.739. The number of aliphatic hydroxyl groups excluding tert-OH is 1. The fourth-order valence-electron chi connectivity index (χ4n) is 9.12. The van der Waals surface area contributed by atoms with E-state index in [1.807, 2.05) is 0 Å². The standard InChI is InChI=1S/C69H120O5/c1-3-5-7-9-11-13-15-17-19-21-23-25-27-29-30-31-32-33-34-35-36-37-38-40-41-43-45-47-49-51-53-55-57-59-61-63-68(71)73-66-67(65-70)74-69(72)64-62-60-58-56-54-52-50-48-46-44-42-39-28-26-24-22-20-18-16-14-12-10-8-6-4-2/h6,8,12,14-15,17-18,20-21,23-24,26,39,42,46,48,67,70H,3-5,7,9-11,13,16,19,22,25,27-38,40-41,43-45,47,49-66H2,1-2H3/b8-6-,14-12-,17-15-,20-18-,23-21-,26-24-,42-39-,48-46-. The molecule has 5 heteroatoms. The number of ether oxygens (including phenoxy) is 2. The van der Waals surface area contributed by atoms with Gasteiger partial charge < -0.3 is 14.6 Å². The van der Waals surface area contributed by atoms with Crippen LogP contribution in [0.25, 0.3) is 0 Å². The van der Waals surface area contributed by atoms with Gasteiger partial charge >= 0.3 is 11.9 Å². The second-order valence-electron chi connectivity index (χ2n) is 21.1. The Kier molecular flexibility index (Phi) is 61.4. The highest BCUT2D eigenvalue weighted by atomic mass is 16.6. The molecule has 0 bridgehead atoms. The van der Waals surface area contributed by atoms with E-state index in [9.17, 15) is 14.7 Å². The summed E-state index contributed by atoms with van der Waals surface area (Å²) >= 11 is 0. The number of aliphatic hydroxyl groups is 1. The van der Waals surface area contributed by atoms with E-state index in [0.29, 0.717) is 12.8 Å². The number of carbonyl (C=O) groups is 2. The molecule has 1 N–H and O–H groups in total. The van der Waals surface area contributed by atoms with Crippen LogP contribution in [0.4, 0.5) is 0 Å². The molecule has 0 heterocycles. The summed E-state index contributed by atoms with van der Waals surface area (Å²) in [5.74, 6) is -0.601. The second kappa shape index (κ2) is 64.1. The number of unbranched alkanes of at least 4 members (excludes halogenated alkanes) is 34. The van der Waals surface area contributed by atoms with E-state index in [1.165, 1.54) is 193 Å². The van der Waals surface area contributed by atoms with Crippen molar-refractivity contribution < 1.29 is 24.2 Å². The van der Waals surface area contributed by atoms with E-state index >= 15 is 0 Å². The van der Waals surface area contributed by atoms with Crippen molar-refractivity contribution in [3.63, 3.8) is 0 Å². The maximum atomic E-state index is 12.3. The second-order valence-corrected chi connectivity index (χ2v) is 21.1. The van der Waals surface area contributed by atoms with Gasteiger partial charge in [0.1, 0.15) is 6.61 Å². The van der Waals surface area contributed by atoms with Gasteiger partial charge in [-0.2, -0.15) is 0 Å². The Morgan fingerprint density at radius 3 is 0.878 bits per heavy atom. The molecule has 5 nitrogen and oxygen atoms in total. The summed E-state index contributed by atoms with van der Waals surface area (Å²) in [6, 6.07) is 0. The Morgan fingerprint density at radius 2 is 0.581 bits per heavy atom. The van der Waals surface area contributed by atoms with Crippen LogP contribution in [0.5, 0.6) is 0 Å². The first-order valence-corrected chi connectivity index (χ1v) is 31.8. The van der Waals surface area contributed by atoms with Gasteiger partial charge in [-0.05, 0) is 96.3 Å². The van der Waals surface area contributed by atoms with Crippen LogP contribution < -0.4 is 0 Å². The van der Waals surface area contributed by atoms with Crippen molar-refractivity contribution >= 4 is 11.9 Å². The van der Waals surface area contributed by atoms with Crippen LogP contribution >= 0.6 is 0 Å². The predicted octanol–water partition coefficient (Wildman–Crippen LogP) is 21.9. The van der Waals surface area contributed by atoms with Gasteiger partial charge in [0.2, 0.25) is 0 Å². The molecular weight excluding hydrogens is 909 g/mol. The average molecular weight is 1030 g/mol. The van der Waals surface area contributed by atoms with Crippen molar-refractivity contribution in [2.24, 2.45) is 0 Å². The molecule has 0 spiro atoms. The van der Waals surface area contributed by atoms with Gasteiger partial charge in [0.15, 0.2) is 6.10 Å². The lowest BCUT2D eigenvalue weighted by molar-refractivity contribution is -0.161. The van der Waals surface area contributed by atoms with Crippen LogP contribution in [-0.2, 0) is 19.1 Å². The summed E-state index contributed by atoms with van der Waals surface area (Å²) in [5, 5.41) is 9.67. The molecule has 0 saturated carbocycles. The molecule has 0 radical (unpaired) electrons. The minimum Gasteiger partial charge on any atom is -0.462 e. The Hall–Kier alpha value is -3.18. The van der Waals surface area contributed by atoms with Gasteiger partial charge in [-0.25, -0.2) is 0 Å². The van der Waals surface area contributed by atoms with Gasteiger partial charge in [0.05, 0.1) is 6.61 Å². The van der Waals surface area contributed by atoms with Gasteiger partial charge in [0.25, 0.3) is 0 Å². The first-order chi connectivity index (χ1) is 36.6. The largest absolute Gasteiger partial charge is 0.462 e. The maximum absolute atomic E-state index is 12.3. The minimum absolute atomic E-state index is 0.0740. The third-order valence-corrected chi connectivity index (χ3v) is 13.9. The molecule has 74 heavy (non-hydrogen) atoms. The highest BCUT2D eigenvalue weighted by Crippen LogP contribution is 2.17. The summed E-state index contributed by atoms with van der Waals surface area (Å²) in [5.41, 5.74) is 0. The third kappa shape index (κ3) is 61.4. The van der Waals surface area contributed by atoms with Crippen molar-refractivity contribution in [3.8, 4) is 0 Å². The van der Waals surface area contributed by atoms with Gasteiger partial charge in [0, 0.05) is 12.8 Å². The van der Waals surface area contributed by atoms with E-state index in [2.05, 4.69) is 111 Å². The number of carbonyl (C=O) groups excluding carboxylic acids is 2. The number of hydrogen-bond donors (Lipinski definition) is 1. The topological polar surface area (TPSA) is 72.8 Å². The summed E-state index contributed by atoms with van der Waals surface area (Å²) in [6.07, 6.45) is 91.3. The molecule has 0 aromatic carbocycles. The van der Waals surface area contributed by atoms with Crippen molar-refractivity contribution in [3.05, 3.63) is 97.2 Å². The van der Waals surface area contributed by atoms with E-state index in [0.717, 1.165) is 89.9 Å². The Morgan fingerprint density at radius 1 is 0.324 bits per heavy atom. The molecule has 1 unspecified atom stereocenters. The molecule has 0 rings (SSSR count). The van der Waals surface area contributed by atoms with Crippen molar-refractivity contribution in [1.29, 1.82) is 0 Å². The van der Waals surface area contributed by atoms with E-state index in [4.69, 9.17) is 9.47 Å². The average Bonchev–Trinajstić information content (AvgIpc) is 3.40. The third-order valence-electron chi connectivity index (χ3n) is 13.9. The molecule has 0 fully saturated rings. The van der Waals surface area contributed by atoms with Crippen molar-refractivity contribution in [2.45, 2.75) is 315 Å². The number of esters is 2. The number of rotatable bonds is 58. The number of hydrogen-bond acceptors (Lipinski definition) is 5. The van der Waals surface area contributed by atoms with Gasteiger partial charge in [-0.1, -0.05) is 297 Å². The molecule has 0 aliphatic rings. The number of allylic oxidation sites excluding steroid dienone is 16. The van der Waals surface area contributed by atoms with E-state index in [1.54, 1.807) is 0 Å². The van der Waals surface area contributed by atoms with Gasteiger partial charge in [-0.15, -0.1) is 0 Å². The van der Waals surface area contributed by atoms with E-state index < -0.39 is 6.10 Å². The smallest absolute Gasteiger partial charge is 0.306 e. The van der Waals surface area contributed by atoms with Crippen LogP contribution in [0.15, 0.2) is 97.2 Å². The zero-order valence-corrected chi connectivity index (χ0v) is 48.8. The monoisotopic (exact) mass is 1030 g/mol. The molecular formula is C69H120O5. The fourth-order valence-corrected chi connectivity index (χ4v) is 9.12. The highest BCUT2D eigenvalue weighted by Gasteiger charge is 2.16. The lowest BCUT2D eigenvalue weighted by Crippen LogP contribution is -2.28. The van der Waals surface area contributed by atoms with Crippen molar-refractivity contribution in [2.75, 3.05) is 13.2 Å². The molecule has 0 aromatic rings. The molecule has 0 aliphatic heterocycles. The molecule has 1 atom stereocenters. The normalized spacial score (nSPS) is 12.9. The zero-order valence-electron chi connectivity index (χ0n) is 48.8. The zero-order chi connectivity index (χ0) is 53.4. The van der Waals surface area contributed by atoms with Crippen LogP contribution in [0.2, 0.25) is 0 Å². The first kappa shape index (κ1) is 70.8. The summed E-state index contributed by atoms with van der Waals surface area (Å²) in [7, 11) is 0. The minimum atomic E-state index is -0.786. The molecule has 0 amide bonds. The van der Waals surface area contributed by atoms with Gasteiger partial charge in [-0.3, -0.25) is 9.59 Å². The lowest BCUT2D eigenvalue weighted by atomic mass is 10.0. The molecule has 0 saturated heterocycles. The Labute approximate surface area is 459 Å². The van der Waals surface area contributed by atoms with Crippen LogP contribution in [-0.4, -0.2) is 36.4 Å². The Balaban J connectivity index is 3.47. The predicted molar refractivity (Wildman–Crippen MR) is 325 cm³/mol. The molecule has 426 valence electrons. The Bertz CT molecular complexity index is 1400. The lowest BCUT2D eigenvalue weighted by Gasteiger charge is -2.15. The molecule has 0 aromatic heterocycles. The highest BCUT2D eigenvalue weighted by molar-refractivity contribution is 5.70. The summed E-state index contributed by atoms with van der Waals surface area (Å²) in [4.78, 5) is 24.6. The van der Waals surface area contributed by atoms with Crippen LogP contribution in [0.3, 0.4) is 0 Å². The quantitative estimate of drug-likeness (QED) is 0.0373. The SMILES string of the molecule is CC/C=C\C/C=C\C/C=C\C/C=C\C/C=C\C/C=C\CCCCCCCCC(=O)OC(CO)COC(=O)CCCCCCCCCCCCCCCCCCCCCCCCC/C=C\C/C=C\CCCCCCC. The maximum Gasteiger partial charge on any atom is 0.306 e. The van der Waals surface area contributed by atoms with E-state index in [-0.39, 0.29) is 25.2 Å².